The number of rotatable bonds is 4. The van der Waals surface area contributed by atoms with Crippen molar-refractivity contribution in [1.82, 2.24) is 5.32 Å². The Labute approximate surface area is 93.7 Å². The zero-order valence-electron chi connectivity index (χ0n) is 8.43. The van der Waals surface area contributed by atoms with Crippen LogP contribution in [0.5, 0.6) is 0 Å². The molecular formula is C11H12ClFN2. The van der Waals surface area contributed by atoms with Crippen LogP contribution in [0, 0.1) is 17.1 Å². The first-order valence-electron chi connectivity index (χ1n) is 4.77. The molecule has 80 valence electrons. The third-order valence-electron chi connectivity index (χ3n) is 2.00. The highest BCUT2D eigenvalue weighted by molar-refractivity contribution is 6.30. The molecule has 0 aliphatic heterocycles. The summed E-state index contributed by atoms with van der Waals surface area (Å²) < 4.78 is 13.4. The lowest BCUT2D eigenvalue weighted by Crippen LogP contribution is -2.21. The van der Waals surface area contributed by atoms with Gasteiger partial charge in [0, 0.05) is 10.6 Å². The second kappa shape index (κ2) is 5.69. The van der Waals surface area contributed by atoms with Gasteiger partial charge in [0.15, 0.2) is 0 Å². The lowest BCUT2D eigenvalue weighted by Gasteiger charge is -2.12. The van der Waals surface area contributed by atoms with E-state index in [9.17, 15) is 4.39 Å². The van der Waals surface area contributed by atoms with E-state index >= 15 is 0 Å². The first kappa shape index (κ1) is 12.0. The van der Waals surface area contributed by atoms with Gasteiger partial charge in [0.05, 0.1) is 6.07 Å². The zero-order valence-corrected chi connectivity index (χ0v) is 9.18. The van der Waals surface area contributed by atoms with Crippen LogP contribution in [-0.4, -0.2) is 6.54 Å². The lowest BCUT2D eigenvalue weighted by atomic mass is 10.1. The second-order valence-electron chi connectivity index (χ2n) is 3.18. The minimum absolute atomic E-state index is 0.304. The van der Waals surface area contributed by atoms with Crippen LogP contribution in [-0.2, 0) is 0 Å². The van der Waals surface area contributed by atoms with E-state index in [1.165, 1.54) is 18.2 Å². The fourth-order valence-electron chi connectivity index (χ4n) is 1.25. The Kier molecular flexibility index (Phi) is 4.54. The van der Waals surface area contributed by atoms with Gasteiger partial charge in [0.25, 0.3) is 0 Å². The fraction of sp³-hybridized carbons (Fsp3) is 0.364. The van der Waals surface area contributed by atoms with Gasteiger partial charge in [-0.3, -0.25) is 5.32 Å². The van der Waals surface area contributed by atoms with Crippen molar-refractivity contribution in [2.45, 2.75) is 19.4 Å². The highest BCUT2D eigenvalue weighted by Crippen LogP contribution is 2.20. The lowest BCUT2D eigenvalue weighted by molar-refractivity contribution is 0.560. The molecule has 2 nitrogen and oxygen atoms in total. The van der Waals surface area contributed by atoms with Gasteiger partial charge < -0.3 is 0 Å². The second-order valence-corrected chi connectivity index (χ2v) is 3.62. The van der Waals surface area contributed by atoms with Crippen molar-refractivity contribution in [3.05, 3.63) is 34.6 Å². The maximum atomic E-state index is 13.4. The number of nitriles is 1. The molecule has 1 unspecified atom stereocenters. The van der Waals surface area contributed by atoms with Crippen molar-refractivity contribution in [3.63, 3.8) is 0 Å². The summed E-state index contributed by atoms with van der Waals surface area (Å²) in [6.07, 6.45) is 0.889. The van der Waals surface area contributed by atoms with E-state index in [1.54, 1.807) is 0 Å². The molecule has 1 rings (SSSR count). The van der Waals surface area contributed by atoms with Crippen LogP contribution in [0.3, 0.4) is 0 Å². The summed E-state index contributed by atoms with van der Waals surface area (Å²) in [4.78, 5) is 0. The molecule has 15 heavy (non-hydrogen) atoms. The van der Waals surface area contributed by atoms with Crippen molar-refractivity contribution in [1.29, 1.82) is 5.26 Å². The summed E-state index contributed by atoms with van der Waals surface area (Å²) in [7, 11) is 0. The van der Waals surface area contributed by atoms with Gasteiger partial charge in [-0.05, 0) is 31.2 Å². The number of hydrogen-bond acceptors (Lipinski definition) is 2. The third-order valence-corrected chi connectivity index (χ3v) is 2.23. The Bertz CT molecular complexity index is 373. The molecule has 0 bridgehead atoms. The molecule has 1 N–H and O–H groups in total. The highest BCUT2D eigenvalue weighted by Gasteiger charge is 2.14. The van der Waals surface area contributed by atoms with Crippen LogP contribution in [0.15, 0.2) is 18.2 Å². The fourth-order valence-corrected chi connectivity index (χ4v) is 1.43. The maximum Gasteiger partial charge on any atom is 0.129 e. The molecule has 0 aliphatic carbocycles. The average molecular weight is 227 g/mol. The number of nitrogens with zero attached hydrogens (tertiary/aromatic N) is 1. The maximum absolute atomic E-state index is 13.4. The summed E-state index contributed by atoms with van der Waals surface area (Å²) in [5.41, 5.74) is 0.304. The molecule has 0 radical (unpaired) electrons. The minimum atomic E-state index is -0.636. The zero-order chi connectivity index (χ0) is 11.3. The Balaban J connectivity index is 2.91. The van der Waals surface area contributed by atoms with Gasteiger partial charge in [-0.15, -0.1) is 0 Å². The molecule has 4 heteroatoms. The van der Waals surface area contributed by atoms with Gasteiger partial charge in [0.1, 0.15) is 11.9 Å². The van der Waals surface area contributed by atoms with E-state index in [2.05, 4.69) is 5.32 Å². The SMILES string of the molecule is CCCNC(C#N)c1cc(Cl)ccc1F. The molecule has 0 aromatic heterocycles. The monoisotopic (exact) mass is 226 g/mol. The van der Waals surface area contributed by atoms with Crippen LogP contribution >= 0.6 is 11.6 Å². The van der Waals surface area contributed by atoms with Crippen molar-refractivity contribution in [2.75, 3.05) is 6.54 Å². The molecule has 0 amide bonds. The molecule has 1 aromatic carbocycles. The first-order valence-corrected chi connectivity index (χ1v) is 5.14. The highest BCUT2D eigenvalue weighted by atomic mass is 35.5. The summed E-state index contributed by atoms with van der Waals surface area (Å²) >= 11 is 5.75. The third kappa shape index (κ3) is 3.19. The van der Waals surface area contributed by atoms with Crippen molar-refractivity contribution in [3.8, 4) is 6.07 Å². The topological polar surface area (TPSA) is 35.8 Å². The number of benzene rings is 1. The summed E-state index contributed by atoms with van der Waals surface area (Å²) in [5.74, 6) is -0.408. The Hall–Kier alpha value is -1.11. The molecule has 1 atom stereocenters. The first-order chi connectivity index (χ1) is 7.19. The summed E-state index contributed by atoms with van der Waals surface area (Å²) in [6.45, 7) is 2.65. The Morgan fingerprint density at radius 2 is 2.33 bits per heavy atom. The van der Waals surface area contributed by atoms with E-state index in [1.807, 2.05) is 13.0 Å². The van der Waals surface area contributed by atoms with E-state index in [-0.39, 0.29) is 0 Å². The molecular weight excluding hydrogens is 215 g/mol. The predicted molar refractivity (Wildman–Crippen MR) is 58.1 cm³/mol. The van der Waals surface area contributed by atoms with Crippen LogP contribution in [0.25, 0.3) is 0 Å². The van der Waals surface area contributed by atoms with Gasteiger partial charge in [-0.2, -0.15) is 5.26 Å². The minimum Gasteiger partial charge on any atom is -0.298 e. The van der Waals surface area contributed by atoms with E-state index < -0.39 is 11.9 Å². The number of hydrogen-bond donors (Lipinski definition) is 1. The molecule has 0 fully saturated rings. The molecule has 0 saturated carbocycles. The standard InChI is InChI=1S/C11H12ClFN2/c1-2-5-15-11(7-14)9-6-8(12)3-4-10(9)13/h3-4,6,11,15H,2,5H2,1H3. The van der Waals surface area contributed by atoms with Crippen molar-refractivity contribution < 1.29 is 4.39 Å². The van der Waals surface area contributed by atoms with Crippen LogP contribution in [0.4, 0.5) is 4.39 Å². The van der Waals surface area contributed by atoms with Gasteiger partial charge in [-0.25, -0.2) is 4.39 Å². The quantitative estimate of drug-likeness (QED) is 0.857. The summed E-state index contributed by atoms with van der Waals surface area (Å²) in [6, 6.07) is 5.60. The van der Waals surface area contributed by atoms with Gasteiger partial charge >= 0.3 is 0 Å². The largest absolute Gasteiger partial charge is 0.298 e. The normalized spacial score (nSPS) is 12.1. The number of nitrogens with one attached hydrogen (secondary N) is 1. The van der Waals surface area contributed by atoms with Crippen LogP contribution < -0.4 is 5.32 Å². The molecule has 1 aromatic rings. The Morgan fingerprint density at radius 1 is 1.60 bits per heavy atom. The Morgan fingerprint density at radius 3 is 2.93 bits per heavy atom. The van der Waals surface area contributed by atoms with Crippen LogP contribution in [0.1, 0.15) is 24.9 Å². The molecule has 0 spiro atoms. The van der Waals surface area contributed by atoms with Crippen molar-refractivity contribution in [2.24, 2.45) is 0 Å². The summed E-state index contributed by atoms with van der Waals surface area (Å²) in [5, 5.41) is 12.3. The van der Waals surface area contributed by atoms with Gasteiger partial charge in [-0.1, -0.05) is 18.5 Å². The van der Waals surface area contributed by atoms with Gasteiger partial charge in [0.2, 0.25) is 0 Å². The van der Waals surface area contributed by atoms with E-state index in [4.69, 9.17) is 16.9 Å². The number of halogens is 2. The van der Waals surface area contributed by atoms with E-state index in [0.717, 1.165) is 6.42 Å². The van der Waals surface area contributed by atoms with Crippen molar-refractivity contribution >= 4 is 11.6 Å². The van der Waals surface area contributed by atoms with Crippen LogP contribution in [0.2, 0.25) is 5.02 Å². The predicted octanol–water partition coefficient (Wildman–Crippen LogP) is 3.04. The average Bonchev–Trinajstić information content (AvgIpc) is 2.24. The molecule has 0 heterocycles. The van der Waals surface area contributed by atoms with E-state index in [0.29, 0.717) is 17.1 Å². The smallest absolute Gasteiger partial charge is 0.129 e. The molecule has 0 saturated heterocycles. The molecule has 0 aliphatic rings.